The first-order valence-corrected chi connectivity index (χ1v) is 6.61. The standard InChI is InChI=1S/C14H18N4O/c1-18-10-15-17-14(18)11-3-2-4-13(9-11)16-12-5-7-19-8-6-12/h2-4,9-10,12,16H,5-8H2,1H3. The summed E-state index contributed by atoms with van der Waals surface area (Å²) in [4.78, 5) is 0. The van der Waals surface area contributed by atoms with Gasteiger partial charge in [-0.05, 0) is 25.0 Å². The smallest absolute Gasteiger partial charge is 0.163 e. The van der Waals surface area contributed by atoms with Crippen LogP contribution in [0.5, 0.6) is 0 Å². The van der Waals surface area contributed by atoms with Crippen molar-refractivity contribution in [2.45, 2.75) is 18.9 Å². The minimum atomic E-state index is 0.503. The van der Waals surface area contributed by atoms with Crippen LogP contribution < -0.4 is 5.32 Å². The normalized spacial score (nSPS) is 16.5. The molecule has 1 aromatic carbocycles. The van der Waals surface area contributed by atoms with E-state index in [1.807, 2.05) is 17.7 Å². The molecule has 2 heterocycles. The number of aryl methyl sites for hydroxylation is 1. The molecule has 5 heteroatoms. The summed E-state index contributed by atoms with van der Waals surface area (Å²) in [6.45, 7) is 1.70. The van der Waals surface area contributed by atoms with Gasteiger partial charge in [-0.15, -0.1) is 10.2 Å². The van der Waals surface area contributed by atoms with E-state index in [0.717, 1.165) is 43.1 Å². The number of aromatic nitrogens is 3. The van der Waals surface area contributed by atoms with Crippen molar-refractivity contribution in [3.63, 3.8) is 0 Å². The summed E-state index contributed by atoms with van der Waals surface area (Å²) in [6.07, 6.45) is 3.84. The second-order valence-corrected chi connectivity index (χ2v) is 4.88. The Bertz CT molecular complexity index is 546. The second kappa shape index (κ2) is 5.40. The fraction of sp³-hybridized carbons (Fsp3) is 0.429. The Hall–Kier alpha value is -1.88. The van der Waals surface area contributed by atoms with Gasteiger partial charge in [-0.25, -0.2) is 0 Å². The Balaban J connectivity index is 1.78. The van der Waals surface area contributed by atoms with E-state index in [1.54, 1.807) is 6.33 Å². The highest BCUT2D eigenvalue weighted by molar-refractivity contribution is 5.62. The summed E-state index contributed by atoms with van der Waals surface area (Å²) in [5, 5.41) is 11.6. The first kappa shape index (κ1) is 12.2. The van der Waals surface area contributed by atoms with Crippen LogP contribution in [0.15, 0.2) is 30.6 Å². The quantitative estimate of drug-likeness (QED) is 0.915. The van der Waals surface area contributed by atoms with Crippen LogP contribution in [-0.2, 0) is 11.8 Å². The van der Waals surface area contributed by atoms with Crippen molar-refractivity contribution in [1.82, 2.24) is 14.8 Å². The van der Waals surface area contributed by atoms with Gasteiger partial charge in [-0.3, -0.25) is 0 Å². The minimum absolute atomic E-state index is 0.503. The molecule has 0 radical (unpaired) electrons. The molecule has 0 spiro atoms. The van der Waals surface area contributed by atoms with E-state index in [-0.39, 0.29) is 0 Å². The molecule has 0 aliphatic carbocycles. The largest absolute Gasteiger partial charge is 0.382 e. The van der Waals surface area contributed by atoms with Crippen molar-refractivity contribution in [3.8, 4) is 11.4 Å². The van der Waals surface area contributed by atoms with Crippen LogP contribution in [-0.4, -0.2) is 34.0 Å². The molecular formula is C14H18N4O. The maximum absolute atomic E-state index is 5.37. The molecule has 1 aromatic heterocycles. The molecule has 0 saturated carbocycles. The van der Waals surface area contributed by atoms with Crippen molar-refractivity contribution in [2.24, 2.45) is 7.05 Å². The highest BCUT2D eigenvalue weighted by Crippen LogP contribution is 2.22. The van der Waals surface area contributed by atoms with Gasteiger partial charge < -0.3 is 14.6 Å². The van der Waals surface area contributed by atoms with Crippen LogP contribution in [0, 0.1) is 0 Å². The fourth-order valence-corrected chi connectivity index (χ4v) is 2.37. The summed E-state index contributed by atoms with van der Waals surface area (Å²) in [7, 11) is 1.95. The van der Waals surface area contributed by atoms with Crippen LogP contribution in [0.2, 0.25) is 0 Å². The Kier molecular flexibility index (Phi) is 3.46. The summed E-state index contributed by atoms with van der Waals surface area (Å²) in [6, 6.07) is 8.82. The van der Waals surface area contributed by atoms with Gasteiger partial charge in [-0.2, -0.15) is 0 Å². The van der Waals surface area contributed by atoms with E-state index in [2.05, 4.69) is 33.7 Å². The summed E-state index contributed by atoms with van der Waals surface area (Å²) in [5.41, 5.74) is 2.21. The summed E-state index contributed by atoms with van der Waals surface area (Å²) >= 11 is 0. The zero-order valence-corrected chi connectivity index (χ0v) is 11.0. The molecule has 5 nitrogen and oxygen atoms in total. The third kappa shape index (κ3) is 2.76. The van der Waals surface area contributed by atoms with Crippen molar-refractivity contribution in [3.05, 3.63) is 30.6 Å². The molecule has 0 bridgehead atoms. The lowest BCUT2D eigenvalue weighted by atomic mass is 10.1. The van der Waals surface area contributed by atoms with Gasteiger partial charge in [-0.1, -0.05) is 12.1 Å². The monoisotopic (exact) mass is 258 g/mol. The zero-order chi connectivity index (χ0) is 13.1. The lowest BCUT2D eigenvalue weighted by Gasteiger charge is -2.24. The Morgan fingerprint density at radius 1 is 1.32 bits per heavy atom. The van der Waals surface area contributed by atoms with Crippen LogP contribution in [0.25, 0.3) is 11.4 Å². The Morgan fingerprint density at radius 2 is 2.16 bits per heavy atom. The molecule has 3 rings (SSSR count). The molecule has 1 aliphatic heterocycles. The number of hydrogen-bond acceptors (Lipinski definition) is 4. The van der Waals surface area contributed by atoms with Gasteiger partial charge in [0.25, 0.3) is 0 Å². The maximum Gasteiger partial charge on any atom is 0.163 e. The van der Waals surface area contributed by atoms with Crippen LogP contribution in [0.4, 0.5) is 5.69 Å². The number of ether oxygens (including phenoxy) is 1. The Morgan fingerprint density at radius 3 is 2.89 bits per heavy atom. The van der Waals surface area contributed by atoms with Crippen molar-refractivity contribution < 1.29 is 4.74 Å². The van der Waals surface area contributed by atoms with Gasteiger partial charge in [0.1, 0.15) is 6.33 Å². The third-order valence-corrected chi connectivity index (χ3v) is 3.42. The Labute approximate surface area is 112 Å². The van der Waals surface area contributed by atoms with Crippen molar-refractivity contribution in [1.29, 1.82) is 0 Å². The fourth-order valence-electron chi connectivity index (χ4n) is 2.37. The van der Waals surface area contributed by atoms with Crippen LogP contribution in [0.3, 0.4) is 0 Å². The summed E-state index contributed by atoms with van der Waals surface area (Å²) < 4.78 is 7.30. The molecule has 1 saturated heterocycles. The van der Waals surface area contributed by atoms with E-state index in [0.29, 0.717) is 6.04 Å². The molecule has 1 aliphatic rings. The number of nitrogens with zero attached hydrogens (tertiary/aromatic N) is 3. The molecule has 0 amide bonds. The molecule has 19 heavy (non-hydrogen) atoms. The van der Waals surface area contributed by atoms with Gasteiger partial charge in [0, 0.05) is 37.6 Å². The topological polar surface area (TPSA) is 52.0 Å². The lowest BCUT2D eigenvalue weighted by molar-refractivity contribution is 0.0904. The molecular weight excluding hydrogens is 240 g/mol. The molecule has 0 atom stereocenters. The van der Waals surface area contributed by atoms with Crippen molar-refractivity contribution >= 4 is 5.69 Å². The highest BCUT2D eigenvalue weighted by Gasteiger charge is 2.13. The average molecular weight is 258 g/mol. The van der Waals surface area contributed by atoms with E-state index >= 15 is 0 Å². The first-order valence-electron chi connectivity index (χ1n) is 6.61. The number of nitrogens with one attached hydrogen (secondary N) is 1. The number of anilines is 1. The molecule has 1 N–H and O–H groups in total. The summed E-state index contributed by atoms with van der Waals surface area (Å²) in [5.74, 6) is 0.885. The van der Waals surface area contributed by atoms with E-state index < -0.39 is 0 Å². The molecule has 100 valence electrons. The average Bonchev–Trinajstić information content (AvgIpc) is 2.86. The minimum Gasteiger partial charge on any atom is -0.382 e. The van der Waals surface area contributed by atoms with Gasteiger partial charge >= 0.3 is 0 Å². The molecule has 2 aromatic rings. The van der Waals surface area contributed by atoms with E-state index in [9.17, 15) is 0 Å². The predicted molar refractivity (Wildman–Crippen MR) is 73.9 cm³/mol. The van der Waals surface area contributed by atoms with Gasteiger partial charge in [0.2, 0.25) is 0 Å². The predicted octanol–water partition coefficient (Wildman–Crippen LogP) is 2.07. The highest BCUT2D eigenvalue weighted by atomic mass is 16.5. The first-order chi connectivity index (χ1) is 9.33. The van der Waals surface area contributed by atoms with Gasteiger partial charge in [0.05, 0.1) is 0 Å². The molecule has 1 fully saturated rings. The maximum atomic E-state index is 5.37. The van der Waals surface area contributed by atoms with Gasteiger partial charge in [0.15, 0.2) is 5.82 Å². The van der Waals surface area contributed by atoms with Crippen molar-refractivity contribution in [2.75, 3.05) is 18.5 Å². The SMILES string of the molecule is Cn1cnnc1-c1cccc(NC2CCOCC2)c1. The number of rotatable bonds is 3. The van der Waals surface area contributed by atoms with Crippen LogP contribution in [0.1, 0.15) is 12.8 Å². The third-order valence-electron chi connectivity index (χ3n) is 3.42. The zero-order valence-electron chi connectivity index (χ0n) is 11.0. The van der Waals surface area contributed by atoms with E-state index in [1.165, 1.54) is 0 Å². The second-order valence-electron chi connectivity index (χ2n) is 4.88. The molecule has 0 unspecified atom stereocenters. The lowest BCUT2D eigenvalue weighted by Crippen LogP contribution is -2.27. The van der Waals surface area contributed by atoms with Crippen LogP contribution >= 0.6 is 0 Å². The number of hydrogen-bond donors (Lipinski definition) is 1. The van der Waals surface area contributed by atoms with E-state index in [4.69, 9.17) is 4.74 Å². The number of benzene rings is 1.